The van der Waals surface area contributed by atoms with Gasteiger partial charge in [0, 0.05) is 28.7 Å². The molecule has 0 spiro atoms. The van der Waals surface area contributed by atoms with Crippen LogP contribution in [0.15, 0.2) is 65.8 Å². The second kappa shape index (κ2) is 7.50. The SMILES string of the molecule is C/C=C/C(=O)Nc1ccc(SCc2cccnc2)cc1. The lowest BCUT2D eigenvalue weighted by Crippen LogP contribution is -2.07. The van der Waals surface area contributed by atoms with E-state index in [0.717, 1.165) is 16.3 Å². The lowest BCUT2D eigenvalue weighted by molar-refractivity contribution is -0.111. The first-order chi connectivity index (χ1) is 9.78. The van der Waals surface area contributed by atoms with Crippen LogP contribution in [-0.4, -0.2) is 10.9 Å². The number of benzene rings is 1. The van der Waals surface area contributed by atoms with Crippen molar-refractivity contribution < 1.29 is 4.79 Å². The highest BCUT2D eigenvalue weighted by molar-refractivity contribution is 7.98. The lowest BCUT2D eigenvalue weighted by atomic mass is 10.3. The molecule has 4 heteroatoms. The summed E-state index contributed by atoms with van der Waals surface area (Å²) < 4.78 is 0. The topological polar surface area (TPSA) is 42.0 Å². The molecular formula is C16H16N2OS. The fourth-order valence-corrected chi connectivity index (χ4v) is 2.45. The van der Waals surface area contributed by atoms with Gasteiger partial charge in [-0.15, -0.1) is 11.8 Å². The molecule has 0 aliphatic rings. The first-order valence-electron chi connectivity index (χ1n) is 6.33. The molecule has 20 heavy (non-hydrogen) atoms. The van der Waals surface area contributed by atoms with Crippen molar-refractivity contribution in [1.82, 2.24) is 4.98 Å². The summed E-state index contributed by atoms with van der Waals surface area (Å²) in [4.78, 5) is 16.7. The molecule has 0 unspecified atom stereocenters. The van der Waals surface area contributed by atoms with Crippen molar-refractivity contribution in [3.8, 4) is 0 Å². The fraction of sp³-hybridized carbons (Fsp3) is 0.125. The van der Waals surface area contributed by atoms with Crippen LogP contribution in [0.4, 0.5) is 5.69 Å². The number of amides is 1. The predicted molar refractivity (Wildman–Crippen MR) is 83.7 cm³/mol. The first kappa shape index (κ1) is 14.3. The van der Waals surface area contributed by atoms with Gasteiger partial charge in [0.05, 0.1) is 0 Å². The van der Waals surface area contributed by atoms with E-state index in [-0.39, 0.29) is 5.91 Å². The third-order valence-corrected chi connectivity index (χ3v) is 3.65. The Balaban J connectivity index is 1.90. The molecule has 0 bridgehead atoms. The van der Waals surface area contributed by atoms with Crippen molar-refractivity contribution in [2.24, 2.45) is 0 Å². The molecule has 2 aromatic rings. The standard InChI is InChI=1S/C16H16N2OS/c1-2-4-16(19)18-14-6-8-15(9-7-14)20-12-13-5-3-10-17-11-13/h2-11H,12H2,1H3,(H,18,19)/b4-2+. The minimum Gasteiger partial charge on any atom is -0.323 e. The van der Waals surface area contributed by atoms with Crippen molar-refractivity contribution >= 4 is 23.4 Å². The summed E-state index contributed by atoms with van der Waals surface area (Å²) in [6.07, 6.45) is 6.87. The molecule has 102 valence electrons. The number of allylic oxidation sites excluding steroid dienone is 1. The molecule has 0 fully saturated rings. The summed E-state index contributed by atoms with van der Waals surface area (Å²) in [5.41, 5.74) is 2.00. The maximum absolute atomic E-state index is 11.4. The van der Waals surface area contributed by atoms with E-state index < -0.39 is 0 Å². The largest absolute Gasteiger partial charge is 0.323 e. The average molecular weight is 284 g/mol. The summed E-state index contributed by atoms with van der Waals surface area (Å²) >= 11 is 1.74. The van der Waals surface area contributed by atoms with Crippen LogP contribution in [0.5, 0.6) is 0 Å². The summed E-state index contributed by atoms with van der Waals surface area (Å²) in [5, 5.41) is 2.80. The molecule has 1 aromatic heterocycles. The van der Waals surface area contributed by atoms with Gasteiger partial charge in [0.15, 0.2) is 0 Å². The zero-order chi connectivity index (χ0) is 14.2. The van der Waals surface area contributed by atoms with Gasteiger partial charge in [-0.1, -0.05) is 12.1 Å². The number of thioether (sulfide) groups is 1. The Morgan fingerprint density at radius 2 is 2.10 bits per heavy atom. The number of anilines is 1. The fourth-order valence-electron chi connectivity index (χ4n) is 1.62. The van der Waals surface area contributed by atoms with Crippen LogP contribution in [0.1, 0.15) is 12.5 Å². The maximum Gasteiger partial charge on any atom is 0.248 e. The molecular weight excluding hydrogens is 268 g/mol. The van der Waals surface area contributed by atoms with E-state index in [2.05, 4.69) is 16.4 Å². The first-order valence-corrected chi connectivity index (χ1v) is 7.32. The third-order valence-electron chi connectivity index (χ3n) is 2.57. The van der Waals surface area contributed by atoms with Crippen molar-refractivity contribution in [1.29, 1.82) is 0 Å². The third kappa shape index (κ3) is 4.55. The molecule has 2 rings (SSSR count). The Morgan fingerprint density at radius 3 is 2.75 bits per heavy atom. The number of nitrogens with zero attached hydrogens (tertiary/aromatic N) is 1. The number of hydrogen-bond acceptors (Lipinski definition) is 3. The molecule has 0 saturated heterocycles. The Bertz CT molecular complexity index is 579. The zero-order valence-corrected chi connectivity index (χ0v) is 12.1. The van der Waals surface area contributed by atoms with Gasteiger partial charge in [-0.2, -0.15) is 0 Å². The Hall–Kier alpha value is -2.07. The van der Waals surface area contributed by atoms with Crippen LogP contribution in [0, 0.1) is 0 Å². The normalized spacial score (nSPS) is 10.7. The van der Waals surface area contributed by atoms with E-state index in [9.17, 15) is 4.79 Å². The number of aromatic nitrogens is 1. The van der Waals surface area contributed by atoms with Gasteiger partial charge in [0.25, 0.3) is 0 Å². The predicted octanol–water partition coefficient (Wildman–Crippen LogP) is 3.89. The molecule has 0 aliphatic carbocycles. The van der Waals surface area contributed by atoms with Crippen LogP contribution in [0.25, 0.3) is 0 Å². The smallest absolute Gasteiger partial charge is 0.248 e. The van der Waals surface area contributed by atoms with Crippen LogP contribution in [0.2, 0.25) is 0 Å². The van der Waals surface area contributed by atoms with Gasteiger partial charge in [0.2, 0.25) is 5.91 Å². The van der Waals surface area contributed by atoms with Crippen LogP contribution < -0.4 is 5.32 Å². The van der Waals surface area contributed by atoms with Gasteiger partial charge in [0.1, 0.15) is 0 Å². The Labute approximate surface area is 123 Å². The van der Waals surface area contributed by atoms with Crippen molar-refractivity contribution in [2.45, 2.75) is 17.6 Å². The molecule has 0 radical (unpaired) electrons. The molecule has 1 aromatic carbocycles. The highest BCUT2D eigenvalue weighted by atomic mass is 32.2. The number of carbonyl (C=O) groups is 1. The Morgan fingerprint density at radius 1 is 1.30 bits per heavy atom. The molecule has 0 saturated carbocycles. The molecule has 1 amide bonds. The molecule has 1 N–H and O–H groups in total. The zero-order valence-electron chi connectivity index (χ0n) is 11.2. The summed E-state index contributed by atoms with van der Waals surface area (Å²) in [6.45, 7) is 1.82. The number of pyridine rings is 1. The van der Waals surface area contributed by atoms with Gasteiger partial charge >= 0.3 is 0 Å². The van der Waals surface area contributed by atoms with E-state index in [0.29, 0.717) is 0 Å². The molecule has 0 aliphatic heterocycles. The van der Waals surface area contributed by atoms with E-state index in [1.165, 1.54) is 11.6 Å². The van der Waals surface area contributed by atoms with Crippen LogP contribution >= 0.6 is 11.8 Å². The summed E-state index contributed by atoms with van der Waals surface area (Å²) in [7, 11) is 0. The number of carbonyl (C=O) groups excluding carboxylic acids is 1. The Kier molecular flexibility index (Phi) is 5.38. The second-order valence-electron chi connectivity index (χ2n) is 4.16. The molecule has 3 nitrogen and oxygen atoms in total. The maximum atomic E-state index is 11.4. The lowest BCUT2D eigenvalue weighted by Gasteiger charge is -2.05. The van der Waals surface area contributed by atoms with Crippen LogP contribution in [-0.2, 0) is 10.5 Å². The van der Waals surface area contributed by atoms with Gasteiger partial charge in [-0.3, -0.25) is 9.78 Å². The minimum absolute atomic E-state index is 0.108. The monoisotopic (exact) mass is 284 g/mol. The highest BCUT2D eigenvalue weighted by Crippen LogP contribution is 2.23. The van der Waals surface area contributed by atoms with E-state index in [1.807, 2.05) is 43.5 Å². The van der Waals surface area contributed by atoms with E-state index in [1.54, 1.807) is 24.0 Å². The van der Waals surface area contributed by atoms with E-state index in [4.69, 9.17) is 0 Å². The average Bonchev–Trinajstić information content (AvgIpc) is 2.48. The highest BCUT2D eigenvalue weighted by Gasteiger charge is 1.99. The second-order valence-corrected chi connectivity index (χ2v) is 5.21. The van der Waals surface area contributed by atoms with Crippen molar-refractivity contribution in [2.75, 3.05) is 5.32 Å². The number of hydrogen-bond donors (Lipinski definition) is 1. The van der Waals surface area contributed by atoms with Gasteiger partial charge < -0.3 is 5.32 Å². The van der Waals surface area contributed by atoms with Crippen LogP contribution in [0.3, 0.4) is 0 Å². The molecule has 1 heterocycles. The summed E-state index contributed by atoms with van der Waals surface area (Å²) in [6, 6.07) is 11.8. The minimum atomic E-state index is -0.108. The number of nitrogens with one attached hydrogen (secondary N) is 1. The number of rotatable bonds is 5. The van der Waals surface area contributed by atoms with Gasteiger partial charge in [-0.05, 0) is 48.9 Å². The van der Waals surface area contributed by atoms with Crippen molar-refractivity contribution in [3.63, 3.8) is 0 Å². The quantitative estimate of drug-likeness (QED) is 0.669. The summed E-state index contributed by atoms with van der Waals surface area (Å²) in [5.74, 6) is 0.779. The van der Waals surface area contributed by atoms with E-state index >= 15 is 0 Å². The van der Waals surface area contributed by atoms with Crippen molar-refractivity contribution in [3.05, 3.63) is 66.5 Å². The van der Waals surface area contributed by atoms with Gasteiger partial charge in [-0.25, -0.2) is 0 Å². The molecule has 0 atom stereocenters.